The van der Waals surface area contributed by atoms with Crippen LogP contribution in [0.3, 0.4) is 0 Å². The molecule has 0 radical (unpaired) electrons. The molecule has 0 atom stereocenters. The molecule has 0 aromatic heterocycles. The molecular formula is C13H17NO4S. The highest BCUT2D eigenvalue weighted by atomic mass is 32.2. The van der Waals surface area contributed by atoms with Crippen LogP contribution in [0.15, 0.2) is 24.3 Å². The third kappa shape index (κ3) is 3.54. The van der Waals surface area contributed by atoms with Crippen LogP contribution >= 0.6 is 0 Å². The van der Waals surface area contributed by atoms with E-state index < -0.39 is 16.0 Å². The minimum atomic E-state index is -3.35. The Hall–Kier alpha value is -1.40. The van der Waals surface area contributed by atoms with Crippen LogP contribution in [0.2, 0.25) is 0 Å². The standard InChI is InChI=1S/C13H17NO4S/c15-13(16)6-3-9-19(17,18)14-8-7-11-4-1-2-5-12(11)10-14/h1-2,4-5H,3,6-10H2,(H,15,16). The van der Waals surface area contributed by atoms with E-state index in [-0.39, 0.29) is 18.6 Å². The minimum absolute atomic E-state index is 0.0958. The van der Waals surface area contributed by atoms with Crippen molar-refractivity contribution in [1.29, 1.82) is 0 Å². The lowest BCUT2D eigenvalue weighted by Crippen LogP contribution is -2.37. The van der Waals surface area contributed by atoms with Crippen LogP contribution in [0.1, 0.15) is 24.0 Å². The molecule has 19 heavy (non-hydrogen) atoms. The lowest BCUT2D eigenvalue weighted by molar-refractivity contribution is -0.137. The monoisotopic (exact) mass is 283 g/mol. The fourth-order valence-electron chi connectivity index (χ4n) is 2.24. The van der Waals surface area contributed by atoms with E-state index in [1.807, 2.05) is 24.3 Å². The summed E-state index contributed by atoms with van der Waals surface area (Å²) in [5.41, 5.74) is 2.23. The Morgan fingerprint density at radius 3 is 2.63 bits per heavy atom. The van der Waals surface area contributed by atoms with Gasteiger partial charge < -0.3 is 5.11 Å². The minimum Gasteiger partial charge on any atom is -0.481 e. The number of fused-ring (bicyclic) bond motifs is 1. The van der Waals surface area contributed by atoms with Crippen LogP contribution in [-0.2, 0) is 27.8 Å². The molecule has 0 saturated carbocycles. The van der Waals surface area contributed by atoms with Gasteiger partial charge in [-0.2, -0.15) is 4.31 Å². The van der Waals surface area contributed by atoms with Gasteiger partial charge in [0, 0.05) is 19.5 Å². The third-order valence-corrected chi connectivity index (χ3v) is 5.18. The number of sulfonamides is 1. The van der Waals surface area contributed by atoms with Crippen molar-refractivity contribution >= 4 is 16.0 Å². The van der Waals surface area contributed by atoms with Crippen molar-refractivity contribution in [1.82, 2.24) is 4.31 Å². The van der Waals surface area contributed by atoms with E-state index in [1.54, 1.807) is 0 Å². The molecule has 6 heteroatoms. The zero-order valence-corrected chi connectivity index (χ0v) is 11.4. The van der Waals surface area contributed by atoms with Crippen molar-refractivity contribution in [3.63, 3.8) is 0 Å². The van der Waals surface area contributed by atoms with Crippen molar-refractivity contribution < 1.29 is 18.3 Å². The van der Waals surface area contributed by atoms with Crippen molar-refractivity contribution in [2.75, 3.05) is 12.3 Å². The first-order valence-electron chi connectivity index (χ1n) is 6.25. The maximum absolute atomic E-state index is 12.1. The summed E-state index contributed by atoms with van der Waals surface area (Å²) in [6, 6.07) is 7.81. The fraction of sp³-hybridized carbons (Fsp3) is 0.462. The predicted octanol–water partition coefficient (Wildman–Crippen LogP) is 1.24. The molecule has 1 aliphatic rings. The molecule has 1 aromatic rings. The maximum Gasteiger partial charge on any atom is 0.303 e. The molecule has 1 aliphatic heterocycles. The number of carboxylic acids is 1. The van der Waals surface area contributed by atoms with Crippen LogP contribution in [0, 0.1) is 0 Å². The summed E-state index contributed by atoms with van der Waals surface area (Å²) in [4.78, 5) is 10.4. The number of hydrogen-bond acceptors (Lipinski definition) is 3. The Balaban J connectivity index is 2.01. The van der Waals surface area contributed by atoms with Crippen molar-refractivity contribution in [2.24, 2.45) is 0 Å². The number of hydrogen-bond donors (Lipinski definition) is 1. The number of aliphatic carboxylic acids is 1. The van der Waals surface area contributed by atoms with Gasteiger partial charge >= 0.3 is 5.97 Å². The lowest BCUT2D eigenvalue weighted by Gasteiger charge is -2.28. The first-order valence-corrected chi connectivity index (χ1v) is 7.86. The van der Waals surface area contributed by atoms with Crippen LogP contribution < -0.4 is 0 Å². The van der Waals surface area contributed by atoms with Gasteiger partial charge in [0.05, 0.1) is 5.75 Å². The van der Waals surface area contributed by atoms with E-state index in [4.69, 9.17) is 5.11 Å². The smallest absolute Gasteiger partial charge is 0.303 e. The zero-order valence-electron chi connectivity index (χ0n) is 10.6. The number of carboxylic acid groups (broad SMARTS) is 1. The summed E-state index contributed by atoms with van der Waals surface area (Å²) in [5.74, 6) is -1.05. The Labute approximate surface area is 112 Å². The highest BCUT2D eigenvalue weighted by Crippen LogP contribution is 2.21. The number of rotatable bonds is 5. The number of nitrogens with zero attached hydrogens (tertiary/aromatic N) is 1. The lowest BCUT2D eigenvalue weighted by atomic mass is 10.0. The molecule has 2 rings (SSSR count). The average Bonchev–Trinajstić information content (AvgIpc) is 2.37. The predicted molar refractivity (Wildman–Crippen MR) is 71.2 cm³/mol. The molecule has 0 unspecified atom stereocenters. The van der Waals surface area contributed by atoms with E-state index in [1.165, 1.54) is 9.87 Å². The fourth-order valence-corrected chi connectivity index (χ4v) is 3.71. The van der Waals surface area contributed by atoms with Crippen LogP contribution in [-0.4, -0.2) is 36.1 Å². The summed E-state index contributed by atoms with van der Waals surface area (Å²) >= 11 is 0. The molecule has 0 saturated heterocycles. The molecule has 0 aliphatic carbocycles. The van der Waals surface area contributed by atoms with Crippen LogP contribution in [0.25, 0.3) is 0 Å². The first kappa shape index (κ1) is 14.0. The van der Waals surface area contributed by atoms with Crippen LogP contribution in [0.5, 0.6) is 0 Å². The number of benzene rings is 1. The number of carbonyl (C=O) groups is 1. The Bertz CT molecular complexity index is 568. The van der Waals surface area contributed by atoms with Gasteiger partial charge in [-0.05, 0) is 24.0 Å². The Morgan fingerprint density at radius 1 is 1.26 bits per heavy atom. The molecule has 104 valence electrons. The van der Waals surface area contributed by atoms with Gasteiger partial charge in [0.2, 0.25) is 10.0 Å². The second-order valence-corrected chi connectivity index (χ2v) is 6.75. The average molecular weight is 283 g/mol. The molecular weight excluding hydrogens is 266 g/mol. The Morgan fingerprint density at radius 2 is 1.95 bits per heavy atom. The summed E-state index contributed by atoms with van der Waals surface area (Å²) in [6.45, 7) is 0.873. The highest BCUT2D eigenvalue weighted by Gasteiger charge is 2.26. The van der Waals surface area contributed by atoms with E-state index >= 15 is 0 Å². The zero-order chi connectivity index (χ0) is 13.9. The van der Waals surface area contributed by atoms with E-state index in [0.29, 0.717) is 19.5 Å². The van der Waals surface area contributed by atoms with Gasteiger partial charge in [-0.1, -0.05) is 24.3 Å². The quantitative estimate of drug-likeness (QED) is 0.882. The van der Waals surface area contributed by atoms with Gasteiger partial charge in [-0.25, -0.2) is 8.42 Å². The molecule has 1 heterocycles. The van der Waals surface area contributed by atoms with Crippen molar-refractivity contribution in [3.05, 3.63) is 35.4 Å². The Kier molecular flexibility index (Phi) is 4.21. The van der Waals surface area contributed by atoms with Gasteiger partial charge in [0.15, 0.2) is 0 Å². The molecule has 1 aromatic carbocycles. The van der Waals surface area contributed by atoms with E-state index in [9.17, 15) is 13.2 Å². The summed E-state index contributed by atoms with van der Waals surface area (Å²) in [7, 11) is -3.35. The first-order chi connectivity index (χ1) is 8.99. The van der Waals surface area contributed by atoms with Gasteiger partial charge in [-0.3, -0.25) is 4.79 Å². The summed E-state index contributed by atoms with van der Waals surface area (Å²) in [6.07, 6.45) is 0.772. The molecule has 0 fully saturated rings. The van der Waals surface area contributed by atoms with Crippen molar-refractivity contribution in [3.8, 4) is 0 Å². The summed E-state index contributed by atoms with van der Waals surface area (Å²) < 4.78 is 25.7. The van der Waals surface area contributed by atoms with E-state index in [2.05, 4.69) is 0 Å². The largest absolute Gasteiger partial charge is 0.481 e. The SMILES string of the molecule is O=C(O)CCCS(=O)(=O)N1CCc2ccccc2C1. The maximum atomic E-state index is 12.1. The third-order valence-electron chi connectivity index (χ3n) is 3.28. The topological polar surface area (TPSA) is 74.7 Å². The highest BCUT2D eigenvalue weighted by molar-refractivity contribution is 7.89. The van der Waals surface area contributed by atoms with E-state index in [0.717, 1.165) is 5.56 Å². The molecule has 0 spiro atoms. The van der Waals surface area contributed by atoms with Gasteiger partial charge in [-0.15, -0.1) is 0 Å². The molecule has 0 bridgehead atoms. The van der Waals surface area contributed by atoms with Crippen LogP contribution in [0.4, 0.5) is 0 Å². The summed E-state index contributed by atoms with van der Waals surface area (Å²) in [5, 5.41) is 8.54. The second-order valence-electron chi connectivity index (χ2n) is 4.67. The normalized spacial score (nSPS) is 16.0. The molecule has 5 nitrogen and oxygen atoms in total. The second kappa shape index (κ2) is 5.71. The molecule has 1 N–H and O–H groups in total. The van der Waals surface area contributed by atoms with Crippen molar-refractivity contribution in [2.45, 2.75) is 25.8 Å². The van der Waals surface area contributed by atoms with Gasteiger partial charge in [0.1, 0.15) is 0 Å². The van der Waals surface area contributed by atoms with Gasteiger partial charge in [0.25, 0.3) is 0 Å². The molecule has 0 amide bonds.